The number of alkyl halides is 2. The van der Waals surface area contributed by atoms with Crippen molar-refractivity contribution in [2.75, 3.05) is 0 Å². The lowest BCUT2D eigenvalue weighted by molar-refractivity contribution is -0.226. The van der Waals surface area contributed by atoms with Crippen molar-refractivity contribution in [1.29, 1.82) is 0 Å². The zero-order valence-corrected chi connectivity index (χ0v) is 27.2. The van der Waals surface area contributed by atoms with Gasteiger partial charge >= 0.3 is 6.11 Å². The summed E-state index contributed by atoms with van der Waals surface area (Å²) in [5.41, 5.74) is 1.39. The van der Waals surface area contributed by atoms with Crippen LogP contribution in [0.25, 0.3) is 0 Å². The molecule has 4 aliphatic carbocycles. The van der Waals surface area contributed by atoms with Gasteiger partial charge in [0.25, 0.3) is 0 Å². The number of carbonyl (C=O) groups excluding carboxylic acids is 1. The van der Waals surface area contributed by atoms with Gasteiger partial charge in [0.1, 0.15) is 11.5 Å². The molecule has 4 saturated carbocycles. The van der Waals surface area contributed by atoms with Gasteiger partial charge in [0.2, 0.25) is 0 Å². The van der Waals surface area contributed by atoms with E-state index in [-0.39, 0.29) is 10.8 Å². The van der Waals surface area contributed by atoms with Crippen molar-refractivity contribution in [3.8, 4) is 5.75 Å². The zero-order chi connectivity index (χ0) is 30.1. The molecule has 5 rings (SSSR count). The first kappa shape index (κ1) is 32.0. The molecule has 0 unspecified atom stereocenters. The number of ether oxygens (including phenoxy) is 1. The average molecular weight is 585 g/mol. The van der Waals surface area contributed by atoms with Gasteiger partial charge in [0.05, 0.1) is 5.92 Å². The third-order valence-corrected chi connectivity index (χ3v) is 13.6. The van der Waals surface area contributed by atoms with Gasteiger partial charge in [0, 0.05) is 12.8 Å². The summed E-state index contributed by atoms with van der Waals surface area (Å²) in [5, 5.41) is 0. The van der Waals surface area contributed by atoms with Crippen LogP contribution in [0.5, 0.6) is 5.75 Å². The predicted molar refractivity (Wildman–Crippen MR) is 168 cm³/mol. The van der Waals surface area contributed by atoms with Crippen molar-refractivity contribution in [2.45, 2.75) is 149 Å². The number of hydrogen-bond acceptors (Lipinski definition) is 2. The predicted octanol–water partition coefficient (Wildman–Crippen LogP) is 11.4. The van der Waals surface area contributed by atoms with Crippen LogP contribution in [0.4, 0.5) is 8.78 Å². The topological polar surface area (TPSA) is 26.3 Å². The summed E-state index contributed by atoms with van der Waals surface area (Å²) < 4.78 is 36.3. The van der Waals surface area contributed by atoms with Gasteiger partial charge in [-0.05, 0) is 141 Å². The first-order valence-corrected chi connectivity index (χ1v) is 17.5. The molecule has 0 spiro atoms. The summed E-state index contributed by atoms with van der Waals surface area (Å²) in [4.78, 5) is 11.8. The second-order valence-electron chi connectivity index (χ2n) is 16.2. The molecule has 4 aliphatic rings. The first-order valence-electron chi connectivity index (χ1n) is 17.5. The van der Waals surface area contributed by atoms with E-state index in [0.717, 1.165) is 43.4 Å². The molecule has 0 aromatic heterocycles. The number of benzene rings is 1. The van der Waals surface area contributed by atoms with Gasteiger partial charge in [-0.2, -0.15) is 8.78 Å². The molecular formula is C38H58F2O2. The van der Waals surface area contributed by atoms with E-state index in [4.69, 9.17) is 4.74 Å². The van der Waals surface area contributed by atoms with E-state index in [1.165, 1.54) is 56.9 Å². The minimum absolute atomic E-state index is 0.0309. The van der Waals surface area contributed by atoms with Crippen LogP contribution >= 0.6 is 0 Å². The molecule has 1 aromatic rings. The van der Waals surface area contributed by atoms with Crippen LogP contribution in [0.1, 0.15) is 149 Å². The van der Waals surface area contributed by atoms with Crippen molar-refractivity contribution in [3.63, 3.8) is 0 Å². The highest BCUT2D eigenvalue weighted by Crippen LogP contribution is 2.57. The van der Waals surface area contributed by atoms with Crippen molar-refractivity contribution in [2.24, 2.45) is 46.3 Å². The lowest BCUT2D eigenvalue weighted by Gasteiger charge is -2.54. The van der Waals surface area contributed by atoms with Crippen LogP contribution in [0.2, 0.25) is 0 Å². The molecule has 0 N–H and O–H groups in total. The summed E-state index contributed by atoms with van der Waals surface area (Å²) in [6.07, 6.45) is 13.5. The molecule has 0 heterocycles. The Bertz CT molecular complexity index is 1010. The highest BCUT2D eigenvalue weighted by Gasteiger charge is 2.51. The molecule has 0 aliphatic heterocycles. The number of carbonyl (C=O) groups is 1. The Hall–Kier alpha value is -1.45. The van der Waals surface area contributed by atoms with Gasteiger partial charge in [0.15, 0.2) is 0 Å². The molecule has 0 saturated heterocycles. The average Bonchev–Trinajstić information content (AvgIpc) is 2.98. The molecule has 236 valence electrons. The van der Waals surface area contributed by atoms with Gasteiger partial charge in [-0.3, -0.25) is 4.79 Å². The lowest BCUT2D eigenvalue weighted by atomic mass is 9.51. The minimum Gasteiger partial charge on any atom is -0.432 e. The van der Waals surface area contributed by atoms with E-state index < -0.39 is 12.0 Å². The number of rotatable bonds is 8. The summed E-state index contributed by atoms with van der Waals surface area (Å²) in [5.74, 6) is 4.16. The van der Waals surface area contributed by atoms with Crippen LogP contribution in [0.15, 0.2) is 24.3 Å². The number of Topliss-reactive ketones (excluding diaryl/α,β-unsaturated/α-hetero) is 1. The van der Waals surface area contributed by atoms with E-state index in [2.05, 4.69) is 34.6 Å². The normalized spacial score (nSPS) is 32.5. The van der Waals surface area contributed by atoms with Crippen molar-refractivity contribution in [3.05, 3.63) is 29.8 Å². The second-order valence-corrected chi connectivity index (χ2v) is 16.2. The molecule has 42 heavy (non-hydrogen) atoms. The Morgan fingerprint density at radius 3 is 1.60 bits per heavy atom. The van der Waals surface area contributed by atoms with E-state index >= 15 is 8.78 Å². The fourth-order valence-corrected chi connectivity index (χ4v) is 9.59. The summed E-state index contributed by atoms with van der Waals surface area (Å²) in [6.45, 7) is 11.8. The van der Waals surface area contributed by atoms with Crippen molar-refractivity contribution in [1.82, 2.24) is 0 Å². The van der Waals surface area contributed by atoms with Gasteiger partial charge in [-0.1, -0.05) is 59.6 Å². The Labute approximate surface area is 255 Å². The number of hydrogen-bond donors (Lipinski definition) is 0. The fraction of sp³-hybridized carbons (Fsp3) is 0.816. The molecule has 4 heteroatoms. The molecule has 2 nitrogen and oxygen atoms in total. The maximum atomic E-state index is 15.4. The summed E-state index contributed by atoms with van der Waals surface area (Å²) in [6, 6.07) is 7.64. The quantitative estimate of drug-likeness (QED) is 0.304. The SMILES string of the molecule is CC1CCC(C2CCC(c3ccc(OC(F)(F)C4CCC(C(C)(C)C(C)(C)C5CCC(=O)CC5)CC4)cc3)CC2)CC1. The zero-order valence-electron chi connectivity index (χ0n) is 27.2. The van der Waals surface area contributed by atoms with E-state index in [1.807, 2.05) is 12.1 Å². The number of ketones is 1. The van der Waals surface area contributed by atoms with E-state index in [9.17, 15) is 4.79 Å². The first-order chi connectivity index (χ1) is 19.9. The Kier molecular flexibility index (Phi) is 9.80. The van der Waals surface area contributed by atoms with E-state index in [1.54, 1.807) is 12.1 Å². The highest BCUT2D eigenvalue weighted by atomic mass is 19.3. The Morgan fingerprint density at radius 2 is 1.07 bits per heavy atom. The van der Waals surface area contributed by atoms with Crippen LogP contribution < -0.4 is 4.74 Å². The monoisotopic (exact) mass is 584 g/mol. The molecule has 0 bridgehead atoms. The third kappa shape index (κ3) is 6.93. The van der Waals surface area contributed by atoms with Crippen LogP contribution in [0.3, 0.4) is 0 Å². The molecule has 0 amide bonds. The van der Waals surface area contributed by atoms with Gasteiger partial charge < -0.3 is 4.74 Å². The largest absolute Gasteiger partial charge is 0.432 e. The third-order valence-electron chi connectivity index (χ3n) is 13.6. The lowest BCUT2D eigenvalue weighted by Crippen LogP contribution is -2.47. The molecule has 1 aromatic carbocycles. The van der Waals surface area contributed by atoms with Crippen LogP contribution in [-0.2, 0) is 4.79 Å². The van der Waals surface area contributed by atoms with Gasteiger partial charge in [-0.15, -0.1) is 0 Å². The molecular weight excluding hydrogens is 526 g/mol. The van der Waals surface area contributed by atoms with Crippen molar-refractivity contribution >= 4 is 5.78 Å². The smallest absolute Gasteiger partial charge is 0.400 e. The Balaban J connectivity index is 1.10. The maximum Gasteiger partial charge on any atom is 0.400 e. The van der Waals surface area contributed by atoms with E-state index in [0.29, 0.717) is 55.0 Å². The maximum absolute atomic E-state index is 15.4. The second kappa shape index (κ2) is 12.9. The highest BCUT2D eigenvalue weighted by molar-refractivity contribution is 5.79. The van der Waals surface area contributed by atoms with Crippen LogP contribution in [-0.4, -0.2) is 11.9 Å². The molecule has 4 fully saturated rings. The molecule has 0 atom stereocenters. The summed E-state index contributed by atoms with van der Waals surface area (Å²) >= 11 is 0. The van der Waals surface area contributed by atoms with Crippen LogP contribution in [0, 0.1) is 46.3 Å². The Morgan fingerprint density at radius 1 is 0.619 bits per heavy atom. The summed E-state index contributed by atoms with van der Waals surface area (Å²) in [7, 11) is 0. The minimum atomic E-state index is -3.15. The van der Waals surface area contributed by atoms with Gasteiger partial charge in [-0.25, -0.2) is 0 Å². The standard InChI is InChI=1S/C38H58F2O2/c1-26-6-8-27(9-7-26)28-10-12-29(13-11-28)30-14-24-35(25-15-30)42-38(39,40)33-18-16-31(17-19-33)36(2,3)37(4,5)32-20-22-34(41)23-21-32/h14-15,24-29,31-33H,6-13,16-23H2,1-5H3. The molecule has 0 radical (unpaired) electrons. The fourth-order valence-electron chi connectivity index (χ4n) is 9.59. The number of halogens is 2. The van der Waals surface area contributed by atoms with Crippen molar-refractivity contribution < 1.29 is 18.3 Å².